The van der Waals surface area contributed by atoms with Gasteiger partial charge in [-0.05, 0) is 32.8 Å². The molecule has 0 aromatic rings. The summed E-state index contributed by atoms with van der Waals surface area (Å²) >= 11 is 0. The van der Waals surface area contributed by atoms with Crippen molar-refractivity contribution in [1.82, 2.24) is 0 Å². The Morgan fingerprint density at radius 2 is 1.20 bits per heavy atom. The molecule has 0 aliphatic rings. The molecule has 25 heavy (non-hydrogen) atoms. The van der Waals surface area contributed by atoms with Crippen LogP contribution in [-0.2, 0) is 28.7 Å². The second kappa shape index (κ2) is 9.71. The molecule has 0 aliphatic heterocycles. The smallest absolute Gasteiger partial charge is 0.333 e. The molecule has 0 radical (unpaired) electrons. The lowest BCUT2D eigenvalue weighted by Gasteiger charge is -2.31. The van der Waals surface area contributed by atoms with Crippen LogP contribution in [0.15, 0.2) is 36.5 Å². The largest absolute Gasteiger partial charge is 0.462 e. The highest BCUT2D eigenvalue weighted by Crippen LogP contribution is 2.29. The molecule has 0 rings (SSSR count). The number of carbonyl (C=O) groups excluding carboxylic acids is 4. The summed E-state index contributed by atoms with van der Waals surface area (Å²) in [6, 6.07) is 0. The van der Waals surface area contributed by atoms with E-state index in [2.05, 4.69) is 19.7 Å². The summed E-state index contributed by atoms with van der Waals surface area (Å²) in [5.74, 6) is -2.62. The minimum atomic E-state index is -1.02. The van der Waals surface area contributed by atoms with Crippen LogP contribution in [0, 0.1) is 5.41 Å². The summed E-state index contributed by atoms with van der Waals surface area (Å²) in [6.45, 7) is 16.2. The van der Waals surface area contributed by atoms with Crippen LogP contribution in [0.5, 0.6) is 0 Å². The minimum Gasteiger partial charge on any atom is -0.462 e. The molecule has 0 saturated heterocycles. The average Bonchev–Trinajstić information content (AvgIpc) is 2.55. The van der Waals surface area contributed by atoms with Gasteiger partial charge in [0.15, 0.2) is 0 Å². The minimum absolute atomic E-state index is 0.118. The molecule has 138 valence electrons. The van der Waals surface area contributed by atoms with E-state index < -0.39 is 28.9 Å². The number of rotatable bonds is 11. The van der Waals surface area contributed by atoms with Crippen molar-refractivity contribution in [3.63, 3.8) is 0 Å². The number of allylic oxidation sites excluding steroid dienone is 1. The van der Waals surface area contributed by atoms with E-state index in [1.807, 2.05) is 0 Å². The fourth-order valence-electron chi connectivity index (χ4n) is 1.82. The van der Waals surface area contributed by atoms with Gasteiger partial charge in [-0.15, -0.1) is 0 Å². The maximum atomic E-state index is 12.2. The van der Waals surface area contributed by atoms with Gasteiger partial charge in [-0.2, -0.15) is 0 Å². The van der Waals surface area contributed by atoms with E-state index in [-0.39, 0.29) is 36.4 Å². The van der Waals surface area contributed by atoms with Gasteiger partial charge in [0, 0.05) is 23.0 Å². The van der Waals surface area contributed by atoms with E-state index in [0.717, 1.165) is 0 Å². The van der Waals surface area contributed by atoms with Gasteiger partial charge in [-0.3, -0.25) is 9.59 Å². The van der Waals surface area contributed by atoms with Gasteiger partial charge in [-0.25, -0.2) is 9.59 Å². The van der Waals surface area contributed by atoms with Gasteiger partial charge < -0.3 is 9.47 Å². The molecule has 0 heterocycles. The molecular weight excluding hydrogens is 324 g/mol. The molecule has 0 aromatic heterocycles. The average molecular weight is 350 g/mol. The lowest BCUT2D eigenvalue weighted by Crippen LogP contribution is -2.38. The zero-order valence-corrected chi connectivity index (χ0v) is 15.4. The summed E-state index contributed by atoms with van der Waals surface area (Å²) in [6.07, 6.45) is 0.108. The van der Waals surface area contributed by atoms with Crippen LogP contribution in [0.1, 0.15) is 40.5 Å². The SMILES string of the molecule is C=C(C)C(=O)OCC(CC)(COC(=O)C(=C)C)CC(=O)C(=O)C(=C)C. The van der Waals surface area contributed by atoms with Gasteiger partial charge >= 0.3 is 11.9 Å². The first-order valence-electron chi connectivity index (χ1n) is 7.84. The molecule has 6 heteroatoms. The molecule has 0 spiro atoms. The number of Topliss-reactive ketones (excluding diaryl/α,β-unsaturated/α-hetero) is 2. The summed E-state index contributed by atoms with van der Waals surface area (Å²) < 4.78 is 10.3. The molecule has 0 aromatic carbocycles. The Labute approximate surface area is 148 Å². The molecule has 0 amide bonds. The third-order valence-corrected chi connectivity index (χ3v) is 3.64. The van der Waals surface area contributed by atoms with E-state index >= 15 is 0 Å². The van der Waals surface area contributed by atoms with Crippen molar-refractivity contribution < 1.29 is 28.7 Å². The van der Waals surface area contributed by atoms with Crippen LogP contribution < -0.4 is 0 Å². The topological polar surface area (TPSA) is 86.7 Å². The number of esters is 2. The fourth-order valence-corrected chi connectivity index (χ4v) is 1.82. The summed E-state index contributed by atoms with van der Waals surface area (Å²) in [5, 5.41) is 0. The number of hydrogen-bond acceptors (Lipinski definition) is 6. The number of ether oxygens (including phenoxy) is 2. The molecule has 0 saturated carbocycles. The molecule has 0 N–H and O–H groups in total. The Balaban J connectivity index is 5.38. The third kappa shape index (κ3) is 7.28. The van der Waals surface area contributed by atoms with Gasteiger partial charge in [0.05, 0.1) is 0 Å². The quantitative estimate of drug-likeness (QED) is 0.323. The van der Waals surface area contributed by atoms with E-state index in [1.54, 1.807) is 6.92 Å². The van der Waals surface area contributed by atoms with Gasteiger partial charge in [0.25, 0.3) is 0 Å². The maximum Gasteiger partial charge on any atom is 0.333 e. The first-order valence-corrected chi connectivity index (χ1v) is 7.84. The van der Waals surface area contributed by atoms with Crippen molar-refractivity contribution >= 4 is 23.5 Å². The number of carbonyl (C=O) groups is 4. The molecular formula is C19H26O6. The summed E-state index contributed by atoms with van der Waals surface area (Å²) in [7, 11) is 0. The molecule has 0 fully saturated rings. The van der Waals surface area contributed by atoms with Crippen LogP contribution in [0.3, 0.4) is 0 Å². The molecule has 6 nitrogen and oxygen atoms in total. The highest BCUT2D eigenvalue weighted by molar-refractivity contribution is 6.43. The zero-order chi connectivity index (χ0) is 19.8. The molecule has 0 bridgehead atoms. The highest BCUT2D eigenvalue weighted by Gasteiger charge is 2.36. The summed E-state index contributed by atoms with van der Waals surface area (Å²) in [4.78, 5) is 47.4. The standard InChI is InChI=1S/C19H26O6/c1-8-19(10-24-17(22)13(4)5,11-25-18(23)14(6)7)9-15(20)16(21)12(2)3/h2,4,6,8-11H2,1,3,5,7H3. The Bertz CT molecular complexity index is 581. The van der Waals surface area contributed by atoms with Crippen LogP contribution in [0.4, 0.5) is 0 Å². The second-order valence-electron chi connectivity index (χ2n) is 6.28. The normalized spacial score (nSPS) is 10.6. The van der Waals surface area contributed by atoms with Crippen LogP contribution in [0.2, 0.25) is 0 Å². The van der Waals surface area contributed by atoms with Crippen molar-refractivity contribution in [1.29, 1.82) is 0 Å². The maximum absolute atomic E-state index is 12.2. The highest BCUT2D eigenvalue weighted by atomic mass is 16.5. The first kappa shape index (κ1) is 22.5. The Morgan fingerprint density at radius 1 is 0.800 bits per heavy atom. The number of hydrogen-bond donors (Lipinski definition) is 0. The lowest BCUT2D eigenvalue weighted by molar-refractivity contribution is -0.152. The predicted molar refractivity (Wildman–Crippen MR) is 93.7 cm³/mol. The predicted octanol–water partition coefficient (Wildman–Crippen LogP) is 2.73. The first-order chi connectivity index (χ1) is 11.5. The fraction of sp³-hybridized carbons (Fsp3) is 0.474. The van der Waals surface area contributed by atoms with Crippen molar-refractivity contribution in [2.45, 2.75) is 40.5 Å². The Hall–Kier alpha value is -2.50. The zero-order valence-electron chi connectivity index (χ0n) is 15.4. The van der Waals surface area contributed by atoms with Crippen molar-refractivity contribution in [3.8, 4) is 0 Å². The van der Waals surface area contributed by atoms with Gasteiger partial charge in [-0.1, -0.05) is 26.7 Å². The Kier molecular flexibility index (Phi) is 8.74. The van der Waals surface area contributed by atoms with E-state index in [0.29, 0.717) is 6.42 Å². The van der Waals surface area contributed by atoms with Crippen LogP contribution >= 0.6 is 0 Å². The van der Waals surface area contributed by atoms with Crippen LogP contribution in [0.25, 0.3) is 0 Å². The van der Waals surface area contributed by atoms with Crippen molar-refractivity contribution in [2.24, 2.45) is 5.41 Å². The van der Waals surface area contributed by atoms with E-state index in [9.17, 15) is 19.2 Å². The van der Waals surface area contributed by atoms with Crippen molar-refractivity contribution in [2.75, 3.05) is 13.2 Å². The molecule has 0 atom stereocenters. The monoisotopic (exact) mass is 350 g/mol. The molecule has 0 aliphatic carbocycles. The number of ketones is 2. The summed E-state index contributed by atoms with van der Waals surface area (Å²) in [5.41, 5.74) is -0.493. The Morgan fingerprint density at radius 3 is 1.48 bits per heavy atom. The lowest BCUT2D eigenvalue weighted by atomic mass is 9.80. The molecule has 0 unspecified atom stereocenters. The second-order valence-corrected chi connectivity index (χ2v) is 6.28. The van der Waals surface area contributed by atoms with E-state index in [1.165, 1.54) is 20.8 Å². The van der Waals surface area contributed by atoms with Gasteiger partial charge in [0.1, 0.15) is 13.2 Å². The third-order valence-electron chi connectivity index (χ3n) is 3.64. The van der Waals surface area contributed by atoms with Crippen LogP contribution in [-0.4, -0.2) is 36.7 Å². The van der Waals surface area contributed by atoms with Gasteiger partial charge in [0.2, 0.25) is 11.6 Å². The van der Waals surface area contributed by atoms with Crippen molar-refractivity contribution in [3.05, 3.63) is 36.5 Å². The van der Waals surface area contributed by atoms with E-state index in [4.69, 9.17) is 9.47 Å².